The average molecular weight is 268 g/mol. The van der Waals surface area contributed by atoms with Crippen molar-refractivity contribution in [1.82, 2.24) is 9.97 Å². The minimum atomic E-state index is -2.76. The van der Waals surface area contributed by atoms with Gasteiger partial charge in [-0.15, -0.1) is 0 Å². The zero-order chi connectivity index (χ0) is 14.0. The van der Waals surface area contributed by atoms with E-state index in [9.17, 15) is 18.0 Å². The lowest BCUT2D eigenvalue weighted by Crippen LogP contribution is -2.03. The molecule has 1 aromatic heterocycles. The second-order valence-corrected chi connectivity index (χ2v) is 3.61. The molecule has 0 amide bonds. The molecule has 4 nitrogen and oxygen atoms in total. The summed E-state index contributed by atoms with van der Waals surface area (Å²) in [5.41, 5.74) is -0.992. The summed E-state index contributed by atoms with van der Waals surface area (Å²) >= 11 is 0. The molecule has 0 atom stereocenters. The third-order valence-corrected chi connectivity index (χ3v) is 2.36. The van der Waals surface area contributed by atoms with Gasteiger partial charge in [-0.3, -0.25) is 0 Å². The number of aromatic carboxylic acids is 1. The van der Waals surface area contributed by atoms with E-state index in [0.29, 0.717) is 0 Å². The van der Waals surface area contributed by atoms with Crippen LogP contribution in [-0.4, -0.2) is 21.0 Å². The first-order chi connectivity index (χ1) is 8.99. The molecule has 0 aliphatic rings. The standard InChI is InChI=1S/C12H7F3N2O2/c13-8-2-1-6(10(14)15)5-7(8)11-16-4-3-9(17-11)12(18)19/h1-5,10H,(H,18,19). The molecule has 0 fully saturated rings. The highest BCUT2D eigenvalue weighted by atomic mass is 19.3. The Morgan fingerprint density at radius 2 is 2.00 bits per heavy atom. The third kappa shape index (κ3) is 2.70. The molecule has 0 aliphatic carbocycles. The van der Waals surface area contributed by atoms with E-state index in [1.165, 1.54) is 0 Å². The number of carbonyl (C=O) groups is 1. The molecular weight excluding hydrogens is 261 g/mol. The van der Waals surface area contributed by atoms with Crippen molar-refractivity contribution in [2.45, 2.75) is 6.43 Å². The summed E-state index contributed by atoms with van der Waals surface area (Å²) in [6, 6.07) is 3.85. The molecule has 1 aromatic carbocycles. The molecule has 0 aliphatic heterocycles. The van der Waals surface area contributed by atoms with Crippen LogP contribution in [0.15, 0.2) is 30.5 Å². The average Bonchev–Trinajstić information content (AvgIpc) is 2.39. The minimum Gasteiger partial charge on any atom is -0.477 e. The number of carboxylic acid groups (broad SMARTS) is 1. The Balaban J connectivity index is 2.54. The fourth-order valence-corrected chi connectivity index (χ4v) is 1.46. The summed E-state index contributed by atoms with van der Waals surface area (Å²) in [5, 5.41) is 8.76. The summed E-state index contributed by atoms with van der Waals surface area (Å²) in [7, 11) is 0. The Morgan fingerprint density at radius 1 is 1.26 bits per heavy atom. The van der Waals surface area contributed by atoms with Gasteiger partial charge in [-0.25, -0.2) is 27.9 Å². The van der Waals surface area contributed by atoms with Crippen LogP contribution in [0.4, 0.5) is 13.2 Å². The monoisotopic (exact) mass is 268 g/mol. The van der Waals surface area contributed by atoms with Crippen molar-refractivity contribution in [3.8, 4) is 11.4 Å². The van der Waals surface area contributed by atoms with Gasteiger partial charge in [-0.1, -0.05) is 6.07 Å². The first kappa shape index (κ1) is 13.0. The van der Waals surface area contributed by atoms with Crippen molar-refractivity contribution in [3.05, 3.63) is 47.5 Å². The predicted molar refractivity (Wildman–Crippen MR) is 59.3 cm³/mol. The van der Waals surface area contributed by atoms with E-state index in [2.05, 4.69) is 9.97 Å². The largest absolute Gasteiger partial charge is 0.477 e. The second kappa shape index (κ2) is 5.05. The van der Waals surface area contributed by atoms with E-state index >= 15 is 0 Å². The van der Waals surface area contributed by atoms with Crippen LogP contribution in [0.2, 0.25) is 0 Å². The van der Waals surface area contributed by atoms with Crippen LogP contribution >= 0.6 is 0 Å². The Hall–Kier alpha value is -2.44. The SMILES string of the molecule is O=C(O)c1ccnc(-c2cc(C(F)F)ccc2F)n1. The maximum Gasteiger partial charge on any atom is 0.354 e. The number of aromatic nitrogens is 2. The number of hydrogen-bond donors (Lipinski definition) is 1. The van der Waals surface area contributed by atoms with Crippen molar-refractivity contribution < 1.29 is 23.1 Å². The van der Waals surface area contributed by atoms with Crippen LogP contribution < -0.4 is 0 Å². The second-order valence-electron chi connectivity index (χ2n) is 3.61. The molecule has 0 saturated heterocycles. The zero-order valence-electron chi connectivity index (χ0n) is 9.35. The lowest BCUT2D eigenvalue weighted by atomic mass is 10.1. The van der Waals surface area contributed by atoms with E-state index < -0.39 is 18.2 Å². The van der Waals surface area contributed by atoms with Crippen LogP contribution in [-0.2, 0) is 0 Å². The molecule has 0 spiro atoms. The van der Waals surface area contributed by atoms with Crippen LogP contribution in [0, 0.1) is 5.82 Å². The molecule has 98 valence electrons. The summed E-state index contributed by atoms with van der Waals surface area (Å²) in [5.74, 6) is -2.36. The van der Waals surface area contributed by atoms with E-state index in [1.807, 2.05) is 0 Å². The Bertz CT molecular complexity index is 632. The predicted octanol–water partition coefficient (Wildman–Crippen LogP) is 2.92. The Kier molecular flexibility index (Phi) is 3.46. The molecule has 0 unspecified atom stereocenters. The molecule has 0 bridgehead atoms. The molecule has 1 heterocycles. The highest BCUT2D eigenvalue weighted by Crippen LogP contribution is 2.26. The van der Waals surface area contributed by atoms with Crippen molar-refractivity contribution in [2.24, 2.45) is 0 Å². The zero-order valence-corrected chi connectivity index (χ0v) is 9.35. The first-order valence-electron chi connectivity index (χ1n) is 5.13. The van der Waals surface area contributed by atoms with Crippen molar-refractivity contribution in [3.63, 3.8) is 0 Å². The summed E-state index contributed by atoms with van der Waals surface area (Å²) in [6.07, 6.45) is -1.64. The fraction of sp³-hybridized carbons (Fsp3) is 0.0833. The normalized spacial score (nSPS) is 10.7. The number of nitrogens with zero attached hydrogens (tertiary/aromatic N) is 2. The number of halogens is 3. The van der Waals surface area contributed by atoms with Crippen LogP contribution in [0.5, 0.6) is 0 Å². The molecule has 7 heteroatoms. The fourth-order valence-electron chi connectivity index (χ4n) is 1.46. The maximum absolute atomic E-state index is 13.6. The van der Waals surface area contributed by atoms with Gasteiger partial charge in [0.15, 0.2) is 11.5 Å². The van der Waals surface area contributed by atoms with E-state index in [-0.39, 0.29) is 22.6 Å². The Labute approximate surface area is 105 Å². The van der Waals surface area contributed by atoms with Gasteiger partial charge in [0.25, 0.3) is 6.43 Å². The molecule has 2 rings (SSSR count). The van der Waals surface area contributed by atoms with Gasteiger partial charge in [0, 0.05) is 11.8 Å². The van der Waals surface area contributed by atoms with Crippen LogP contribution in [0.25, 0.3) is 11.4 Å². The number of alkyl halides is 2. The van der Waals surface area contributed by atoms with Gasteiger partial charge in [-0.05, 0) is 18.2 Å². The number of carboxylic acids is 1. The van der Waals surface area contributed by atoms with E-state index in [1.54, 1.807) is 0 Å². The summed E-state index contributed by atoms with van der Waals surface area (Å²) in [4.78, 5) is 18.0. The molecule has 1 N–H and O–H groups in total. The van der Waals surface area contributed by atoms with E-state index in [4.69, 9.17) is 5.11 Å². The molecule has 0 saturated carbocycles. The highest BCUT2D eigenvalue weighted by Gasteiger charge is 2.15. The maximum atomic E-state index is 13.6. The number of rotatable bonds is 3. The van der Waals surface area contributed by atoms with Crippen molar-refractivity contribution in [1.29, 1.82) is 0 Å². The van der Waals surface area contributed by atoms with Gasteiger partial charge in [0.2, 0.25) is 0 Å². The lowest BCUT2D eigenvalue weighted by Gasteiger charge is -2.05. The van der Waals surface area contributed by atoms with Gasteiger partial charge in [0.05, 0.1) is 5.56 Å². The summed E-state index contributed by atoms with van der Waals surface area (Å²) < 4.78 is 38.7. The van der Waals surface area contributed by atoms with Crippen molar-refractivity contribution >= 4 is 5.97 Å². The first-order valence-corrected chi connectivity index (χ1v) is 5.13. The van der Waals surface area contributed by atoms with Gasteiger partial charge < -0.3 is 5.11 Å². The number of hydrogen-bond acceptors (Lipinski definition) is 3. The smallest absolute Gasteiger partial charge is 0.354 e. The van der Waals surface area contributed by atoms with Gasteiger partial charge in [-0.2, -0.15) is 0 Å². The highest BCUT2D eigenvalue weighted by molar-refractivity contribution is 5.85. The van der Waals surface area contributed by atoms with Gasteiger partial charge >= 0.3 is 5.97 Å². The van der Waals surface area contributed by atoms with Crippen molar-refractivity contribution in [2.75, 3.05) is 0 Å². The topological polar surface area (TPSA) is 63.1 Å². The number of benzene rings is 1. The molecule has 19 heavy (non-hydrogen) atoms. The summed E-state index contributed by atoms with van der Waals surface area (Å²) in [6.45, 7) is 0. The van der Waals surface area contributed by atoms with Crippen LogP contribution in [0.1, 0.15) is 22.5 Å². The molecule has 2 aromatic rings. The van der Waals surface area contributed by atoms with Gasteiger partial charge in [0.1, 0.15) is 5.82 Å². The third-order valence-electron chi connectivity index (χ3n) is 2.36. The molecule has 0 radical (unpaired) electrons. The quantitative estimate of drug-likeness (QED) is 0.929. The van der Waals surface area contributed by atoms with Crippen LogP contribution in [0.3, 0.4) is 0 Å². The minimum absolute atomic E-state index is 0.250. The Morgan fingerprint density at radius 3 is 2.63 bits per heavy atom. The van der Waals surface area contributed by atoms with E-state index in [0.717, 1.165) is 30.5 Å². The molecular formula is C12H7F3N2O2. The lowest BCUT2D eigenvalue weighted by molar-refractivity contribution is 0.0690.